The van der Waals surface area contributed by atoms with Crippen molar-refractivity contribution < 1.29 is 4.79 Å². The first-order chi connectivity index (χ1) is 10.8. The second-order valence-corrected chi connectivity index (χ2v) is 6.58. The van der Waals surface area contributed by atoms with Crippen molar-refractivity contribution in [1.82, 2.24) is 0 Å². The Morgan fingerprint density at radius 1 is 1.00 bits per heavy atom. The van der Waals surface area contributed by atoms with Crippen LogP contribution in [0.2, 0.25) is 0 Å². The Hall–Kier alpha value is -2.26. The number of hydrogen-bond acceptors (Lipinski definition) is 3. The molecule has 0 fully saturated rings. The molecule has 1 heterocycles. The van der Waals surface area contributed by atoms with Crippen LogP contribution in [0.3, 0.4) is 0 Å². The number of hydrogen-bond donors (Lipinski definition) is 0. The van der Waals surface area contributed by atoms with Gasteiger partial charge in [0.2, 0.25) is 0 Å². The average molecular weight is 305 g/mol. The molecule has 22 heavy (non-hydrogen) atoms. The maximum absolute atomic E-state index is 11.6. The first-order valence-corrected chi connectivity index (χ1v) is 8.13. The predicted molar refractivity (Wildman–Crippen MR) is 92.8 cm³/mol. The molecule has 1 aliphatic heterocycles. The molecule has 4 rings (SSSR count). The molecule has 3 aromatic carbocycles. The highest BCUT2D eigenvalue weighted by Crippen LogP contribution is 2.52. The molecule has 3 aromatic rings. The highest BCUT2D eigenvalue weighted by molar-refractivity contribution is 8.00. The normalized spacial score (nSPS) is 16.8. The van der Waals surface area contributed by atoms with E-state index >= 15 is 0 Å². The van der Waals surface area contributed by atoms with Crippen LogP contribution >= 0.6 is 11.8 Å². The molecular weight excluding hydrogens is 290 g/mol. The molecule has 0 spiro atoms. The summed E-state index contributed by atoms with van der Waals surface area (Å²) in [5, 5.41) is 2.46. The van der Waals surface area contributed by atoms with Gasteiger partial charge in [0.1, 0.15) is 11.7 Å². The topological polar surface area (TPSA) is 20.3 Å². The molecule has 1 unspecified atom stereocenters. The van der Waals surface area contributed by atoms with E-state index in [1.807, 2.05) is 36.0 Å². The second-order valence-electron chi connectivity index (χ2n) is 5.46. The van der Waals surface area contributed by atoms with Crippen molar-refractivity contribution in [2.24, 2.45) is 0 Å². The third-order valence-electron chi connectivity index (χ3n) is 4.21. The number of para-hydroxylation sites is 1. The second kappa shape index (κ2) is 5.18. The minimum Gasteiger partial charge on any atom is -0.357 e. The zero-order chi connectivity index (χ0) is 15.1. The summed E-state index contributed by atoms with van der Waals surface area (Å²) in [7, 11) is 2.10. The Kier molecular flexibility index (Phi) is 3.16. The number of carbonyl (C=O) groups excluding carboxylic acids is 1. The highest BCUT2D eigenvalue weighted by Gasteiger charge is 2.31. The van der Waals surface area contributed by atoms with E-state index in [0.29, 0.717) is 0 Å². The van der Waals surface area contributed by atoms with Crippen molar-refractivity contribution >= 4 is 34.5 Å². The van der Waals surface area contributed by atoms with Gasteiger partial charge in [0.05, 0.1) is 5.69 Å². The summed E-state index contributed by atoms with van der Waals surface area (Å²) < 4.78 is 0. The van der Waals surface area contributed by atoms with Gasteiger partial charge in [0.25, 0.3) is 0 Å². The van der Waals surface area contributed by atoms with Gasteiger partial charge in [-0.25, -0.2) is 0 Å². The van der Waals surface area contributed by atoms with Crippen molar-refractivity contribution in [3.63, 3.8) is 0 Å². The van der Waals surface area contributed by atoms with Crippen LogP contribution in [0.1, 0.15) is 21.3 Å². The van der Waals surface area contributed by atoms with E-state index in [1.54, 1.807) is 0 Å². The van der Waals surface area contributed by atoms with E-state index in [-0.39, 0.29) is 5.37 Å². The molecular formula is C19H15NOS. The van der Waals surface area contributed by atoms with E-state index in [4.69, 9.17) is 0 Å². The fourth-order valence-electron chi connectivity index (χ4n) is 3.12. The Bertz CT molecular complexity index is 874. The lowest BCUT2D eigenvalue weighted by Gasteiger charge is -2.24. The Morgan fingerprint density at radius 3 is 2.59 bits per heavy atom. The van der Waals surface area contributed by atoms with Crippen molar-refractivity contribution in [1.29, 1.82) is 0 Å². The molecule has 1 atom stereocenters. The first kappa shape index (κ1) is 13.4. The van der Waals surface area contributed by atoms with Crippen LogP contribution in [0, 0.1) is 0 Å². The van der Waals surface area contributed by atoms with Crippen molar-refractivity contribution in [2.45, 2.75) is 10.3 Å². The molecule has 2 nitrogen and oxygen atoms in total. The van der Waals surface area contributed by atoms with Gasteiger partial charge in [-0.05, 0) is 22.9 Å². The minimum absolute atomic E-state index is 0.128. The van der Waals surface area contributed by atoms with Gasteiger partial charge in [-0.3, -0.25) is 4.79 Å². The zero-order valence-corrected chi connectivity index (χ0v) is 13.0. The molecule has 108 valence electrons. The fourth-order valence-corrected chi connectivity index (χ4v) is 4.50. The Balaban J connectivity index is 1.94. The van der Waals surface area contributed by atoms with E-state index in [0.717, 1.165) is 22.8 Å². The molecule has 0 N–H and O–H groups in total. The third kappa shape index (κ3) is 1.93. The summed E-state index contributed by atoms with van der Waals surface area (Å²) in [5.41, 5.74) is 3.11. The standard InChI is InChI=1S/C19H15NOS/c1-20-16-8-4-5-9-17(16)22-19(20)18-14(12-21)11-10-13-6-2-3-7-15(13)18/h2-12,19H,1H3. The molecule has 0 amide bonds. The smallest absolute Gasteiger partial charge is 0.150 e. The van der Waals surface area contributed by atoms with Crippen LogP contribution in [-0.2, 0) is 0 Å². The molecule has 0 saturated heterocycles. The molecule has 1 aliphatic rings. The van der Waals surface area contributed by atoms with Crippen LogP contribution in [0.25, 0.3) is 10.8 Å². The van der Waals surface area contributed by atoms with Crippen LogP contribution in [0.5, 0.6) is 0 Å². The highest BCUT2D eigenvalue weighted by atomic mass is 32.2. The van der Waals surface area contributed by atoms with E-state index in [1.165, 1.54) is 16.0 Å². The number of fused-ring (bicyclic) bond motifs is 2. The van der Waals surface area contributed by atoms with Crippen molar-refractivity contribution in [3.8, 4) is 0 Å². The lowest BCUT2D eigenvalue weighted by atomic mass is 9.99. The maximum atomic E-state index is 11.6. The number of carbonyl (C=O) groups is 1. The van der Waals surface area contributed by atoms with Crippen LogP contribution in [-0.4, -0.2) is 13.3 Å². The molecule has 0 bridgehead atoms. The molecule has 0 aromatic heterocycles. The van der Waals surface area contributed by atoms with Gasteiger partial charge < -0.3 is 4.90 Å². The van der Waals surface area contributed by atoms with E-state index in [9.17, 15) is 4.79 Å². The fraction of sp³-hybridized carbons (Fsp3) is 0.105. The minimum atomic E-state index is 0.128. The summed E-state index contributed by atoms with van der Waals surface area (Å²) in [6.07, 6.45) is 0.971. The maximum Gasteiger partial charge on any atom is 0.150 e. The SMILES string of the molecule is CN1c2ccccc2SC1c1c(C=O)ccc2ccccc12. The lowest BCUT2D eigenvalue weighted by molar-refractivity contribution is 0.112. The largest absolute Gasteiger partial charge is 0.357 e. The van der Waals surface area contributed by atoms with Gasteiger partial charge in [-0.1, -0.05) is 60.3 Å². The molecule has 0 saturated carbocycles. The number of rotatable bonds is 2. The quantitative estimate of drug-likeness (QED) is 0.629. The monoisotopic (exact) mass is 305 g/mol. The summed E-state index contributed by atoms with van der Waals surface area (Å²) in [6, 6.07) is 20.6. The predicted octanol–water partition coefficient (Wildman–Crippen LogP) is 4.89. The van der Waals surface area contributed by atoms with Crippen molar-refractivity contribution in [2.75, 3.05) is 11.9 Å². The van der Waals surface area contributed by atoms with Gasteiger partial charge in [-0.15, -0.1) is 0 Å². The summed E-state index contributed by atoms with van der Waals surface area (Å²) in [5.74, 6) is 0. The molecule has 0 aliphatic carbocycles. The number of nitrogens with zero attached hydrogens (tertiary/aromatic N) is 1. The summed E-state index contributed by atoms with van der Waals surface area (Å²) >= 11 is 1.81. The first-order valence-electron chi connectivity index (χ1n) is 7.25. The van der Waals surface area contributed by atoms with Gasteiger partial charge in [0.15, 0.2) is 0 Å². The summed E-state index contributed by atoms with van der Waals surface area (Å²) in [4.78, 5) is 15.1. The van der Waals surface area contributed by atoms with Gasteiger partial charge in [0, 0.05) is 23.1 Å². The average Bonchev–Trinajstić information content (AvgIpc) is 2.91. The van der Waals surface area contributed by atoms with Gasteiger partial charge >= 0.3 is 0 Å². The molecule has 0 radical (unpaired) electrons. The number of aldehydes is 1. The third-order valence-corrected chi connectivity index (χ3v) is 5.59. The molecule has 3 heteroatoms. The lowest BCUT2D eigenvalue weighted by Crippen LogP contribution is -2.18. The zero-order valence-electron chi connectivity index (χ0n) is 12.2. The Morgan fingerprint density at radius 2 is 1.77 bits per heavy atom. The number of thioether (sulfide) groups is 1. The van der Waals surface area contributed by atoms with E-state index in [2.05, 4.69) is 48.3 Å². The number of benzene rings is 3. The summed E-state index contributed by atoms with van der Waals surface area (Å²) in [6.45, 7) is 0. The van der Waals surface area contributed by atoms with Gasteiger partial charge in [-0.2, -0.15) is 0 Å². The van der Waals surface area contributed by atoms with Crippen LogP contribution in [0.4, 0.5) is 5.69 Å². The van der Waals surface area contributed by atoms with E-state index < -0.39 is 0 Å². The van der Waals surface area contributed by atoms with Crippen LogP contribution < -0.4 is 4.90 Å². The van der Waals surface area contributed by atoms with Crippen molar-refractivity contribution in [3.05, 3.63) is 71.8 Å². The Labute approximate surface area is 133 Å². The number of anilines is 1. The van der Waals surface area contributed by atoms with Crippen LogP contribution in [0.15, 0.2) is 65.6 Å².